The number of ether oxygens (including phenoxy) is 1. The Morgan fingerprint density at radius 2 is 1.96 bits per heavy atom. The van der Waals surface area contributed by atoms with E-state index in [9.17, 15) is 4.79 Å². The summed E-state index contributed by atoms with van der Waals surface area (Å²) < 4.78 is 6.60. The van der Waals surface area contributed by atoms with Crippen LogP contribution in [-0.4, -0.2) is 33.9 Å². The average Bonchev–Trinajstić information content (AvgIpc) is 2.65. The third-order valence-corrected chi connectivity index (χ3v) is 4.34. The molecule has 0 N–H and O–H groups in total. The van der Waals surface area contributed by atoms with Gasteiger partial charge in [-0.3, -0.25) is 4.79 Å². The van der Waals surface area contributed by atoms with Crippen molar-refractivity contribution in [3.8, 4) is 5.88 Å². The van der Waals surface area contributed by atoms with E-state index in [0.717, 1.165) is 20.9 Å². The van der Waals surface area contributed by atoms with Crippen molar-refractivity contribution in [3.05, 3.63) is 64.9 Å². The monoisotopic (exact) mass is 399 g/mol. The zero-order chi connectivity index (χ0) is 17.6. The molecule has 0 aliphatic carbocycles. The zero-order valence-electron chi connectivity index (χ0n) is 13.9. The van der Waals surface area contributed by atoms with Crippen LogP contribution in [0.4, 0.5) is 0 Å². The van der Waals surface area contributed by atoms with Gasteiger partial charge in [0.25, 0.3) is 5.91 Å². The van der Waals surface area contributed by atoms with Gasteiger partial charge in [-0.15, -0.1) is 0 Å². The summed E-state index contributed by atoms with van der Waals surface area (Å²) >= 11 is 3.43. The third kappa shape index (κ3) is 4.33. The molecule has 3 aromatic rings. The molecule has 25 heavy (non-hydrogen) atoms. The molecule has 0 saturated heterocycles. The van der Waals surface area contributed by atoms with Crippen LogP contribution in [0.1, 0.15) is 12.5 Å². The van der Waals surface area contributed by atoms with E-state index in [1.54, 1.807) is 4.90 Å². The van der Waals surface area contributed by atoms with Crippen LogP contribution in [0.2, 0.25) is 0 Å². The van der Waals surface area contributed by atoms with Crippen LogP contribution in [0, 0.1) is 0 Å². The highest BCUT2D eigenvalue weighted by atomic mass is 79.9. The number of aromatic nitrogens is 2. The maximum Gasteiger partial charge on any atom is 0.260 e. The molecule has 6 heteroatoms. The fraction of sp³-hybridized carbons (Fsp3) is 0.211. The van der Waals surface area contributed by atoms with E-state index in [-0.39, 0.29) is 12.5 Å². The largest absolute Gasteiger partial charge is 0.467 e. The third-order valence-electron chi connectivity index (χ3n) is 3.84. The lowest BCUT2D eigenvalue weighted by atomic mass is 10.2. The van der Waals surface area contributed by atoms with Crippen molar-refractivity contribution in [2.45, 2.75) is 13.5 Å². The highest BCUT2D eigenvalue weighted by Crippen LogP contribution is 2.24. The van der Waals surface area contributed by atoms with Crippen molar-refractivity contribution < 1.29 is 9.53 Å². The van der Waals surface area contributed by atoms with Crippen LogP contribution >= 0.6 is 15.9 Å². The summed E-state index contributed by atoms with van der Waals surface area (Å²) in [5.74, 6) is 0.337. The quantitative estimate of drug-likeness (QED) is 0.631. The van der Waals surface area contributed by atoms with Gasteiger partial charge in [-0.2, -0.15) is 0 Å². The first-order valence-corrected chi connectivity index (χ1v) is 8.81. The molecule has 0 bridgehead atoms. The van der Waals surface area contributed by atoms with Crippen LogP contribution in [-0.2, 0) is 11.3 Å². The summed E-state index contributed by atoms with van der Waals surface area (Å²) in [6, 6.07) is 15.6. The first kappa shape index (κ1) is 17.4. The van der Waals surface area contributed by atoms with Gasteiger partial charge in [0.2, 0.25) is 5.88 Å². The molecule has 0 unspecified atom stereocenters. The topological polar surface area (TPSA) is 55.3 Å². The number of fused-ring (bicyclic) bond motifs is 1. The Morgan fingerprint density at radius 3 is 2.72 bits per heavy atom. The number of amides is 1. The number of likely N-dealkylation sites (N-methyl/N-ethyl adjacent to an activating group) is 1. The number of hydrogen-bond donors (Lipinski definition) is 0. The van der Waals surface area contributed by atoms with Gasteiger partial charge in [0.1, 0.15) is 6.33 Å². The number of carbonyl (C=O) groups excluding carboxylic acids is 1. The van der Waals surface area contributed by atoms with Crippen LogP contribution in [0.5, 0.6) is 5.88 Å². The molecule has 1 aromatic heterocycles. The minimum atomic E-state index is -0.0758. The van der Waals surface area contributed by atoms with Crippen molar-refractivity contribution >= 4 is 32.7 Å². The molecule has 3 rings (SSSR count). The molecule has 0 saturated carbocycles. The van der Waals surface area contributed by atoms with Crippen LogP contribution in [0.3, 0.4) is 0 Å². The summed E-state index contributed by atoms with van der Waals surface area (Å²) in [6.45, 7) is 3.08. The zero-order valence-corrected chi connectivity index (χ0v) is 15.4. The van der Waals surface area contributed by atoms with Gasteiger partial charge in [0.05, 0.1) is 10.9 Å². The first-order chi connectivity index (χ1) is 12.2. The van der Waals surface area contributed by atoms with E-state index < -0.39 is 0 Å². The Bertz CT molecular complexity index is 871. The second kappa shape index (κ2) is 8.07. The van der Waals surface area contributed by atoms with Gasteiger partial charge < -0.3 is 9.64 Å². The number of carbonyl (C=O) groups is 1. The van der Waals surface area contributed by atoms with Crippen molar-refractivity contribution in [1.29, 1.82) is 0 Å². The van der Waals surface area contributed by atoms with E-state index in [1.165, 1.54) is 6.33 Å². The Kier molecular flexibility index (Phi) is 5.60. The fourth-order valence-electron chi connectivity index (χ4n) is 2.52. The second-order valence-corrected chi connectivity index (χ2v) is 6.44. The van der Waals surface area contributed by atoms with Gasteiger partial charge in [-0.1, -0.05) is 46.3 Å². The van der Waals surface area contributed by atoms with Gasteiger partial charge in [-0.25, -0.2) is 9.97 Å². The Hall–Kier alpha value is -2.47. The maximum atomic E-state index is 12.5. The highest BCUT2D eigenvalue weighted by molar-refractivity contribution is 9.10. The van der Waals surface area contributed by atoms with E-state index in [4.69, 9.17) is 4.74 Å². The number of hydrogen-bond acceptors (Lipinski definition) is 4. The fourth-order valence-corrected chi connectivity index (χ4v) is 2.88. The molecule has 2 aromatic carbocycles. The van der Waals surface area contributed by atoms with Crippen LogP contribution in [0.25, 0.3) is 10.9 Å². The summed E-state index contributed by atoms with van der Waals surface area (Å²) in [5, 5.41) is 0.774. The van der Waals surface area contributed by atoms with Crippen molar-refractivity contribution in [1.82, 2.24) is 14.9 Å². The van der Waals surface area contributed by atoms with E-state index in [0.29, 0.717) is 19.0 Å². The summed E-state index contributed by atoms with van der Waals surface area (Å²) in [4.78, 5) is 22.6. The molecule has 128 valence electrons. The lowest BCUT2D eigenvalue weighted by Gasteiger charge is -2.21. The standard InChI is InChI=1S/C19H18BrN3O2/c1-2-23(11-14-6-4-3-5-7-14)18(24)12-25-19-16-10-15(20)8-9-17(16)21-13-22-19/h3-10,13H,2,11-12H2,1H3. The average molecular weight is 400 g/mol. The molecule has 0 spiro atoms. The Balaban J connectivity index is 1.70. The van der Waals surface area contributed by atoms with Crippen molar-refractivity contribution in [2.75, 3.05) is 13.2 Å². The molecule has 0 aliphatic rings. The number of nitrogens with zero attached hydrogens (tertiary/aromatic N) is 3. The van der Waals surface area contributed by atoms with Gasteiger partial charge >= 0.3 is 0 Å². The molecule has 0 fully saturated rings. The molecular weight excluding hydrogens is 382 g/mol. The molecular formula is C19H18BrN3O2. The Labute approximate surface area is 154 Å². The van der Waals surface area contributed by atoms with E-state index >= 15 is 0 Å². The predicted octanol–water partition coefficient (Wildman–Crippen LogP) is 3.82. The lowest BCUT2D eigenvalue weighted by Crippen LogP contribution is -2.34. The molecule has 0 radical (unpaired) electrons. The normalized spacial score (nSPS) is 10.6. The maximum absolute atomic E-state index is 12.5. The minimum Gasteiger partial charge on any atom is -0.467 e. The summed E-state index contributed by atoms with van der Waals surface area (Å²) in [6.07, 6.45) is 1.44. The number of benzene rings is 2. The van der Waals surface area contributed by atoms with Gasteiger partial charge in [0, 0.05) is 17.6 Å². The van der Waals surface area contributed by atoms with E-state index in [2.05, 4.69) is 25.9 Å². The number of halogens is 1. The van der Waals surface area contributed by atoms with Crippen LogP contribution in [0.15, 0.2) is 59.3 Å². The first-order valence-electron chi connectivity index (χ1n) is 8.02. The lowest BCUT2D eigenvalue weighted by molar-refractivity contribution is -0.133. The van der Waals surface area contributed by atoms with E-state index in [1.807, 2.05) is 55.5 Å². The number of rotatable bonds is 6. The minimum absolute atomic E-state index is 0.0562. The Morgan fingerprint density at radius 1 is 1.16 bits per heavy atom. The second-order valence-electron chi connectivity index (χ2n) is 5.52. The van der Waals surface area contributed by atoms with Gasteiger partial charge in [-0.05, 0) is 30.7 Å². The highest BCUT2D eigenvalue weighted by Gasteiger charge is 2.14. The molecule has 0 aliphatic heterocycles. The smallest absolute Gasteiger partial charge is 0.260 e. The van der Waals surface area contributed by atoms with Gasteiger partial charge in [0.15, 0.2) is 6.61 Å². The molecule has 1 amide bonds. The summed E-state index contributed by atoms with van der Waals surface area (Å²) in [7, 11) is 0. The molecule has 5 nitrogen and oxygen atoms in total. The molecule has 1 heterocycles. The van der Waals surface area contributed by atoms with Crippen LogP contribution < -0.4 is 4.74 Å². The van der Waals surface area contributed by atoms with Crippen molar-refractivity contribution in [3.63, 3.8) is 0 Å². The SMILES string of the molecule is CCN(Cc1ccccc1)C(=O)COc1ncnc2ccc(Br)cc12. The summed E-state index contributed by atoms with van der Waals surface area (Å²) in [5.41, 5.74) is 1.87. The predicted molar refractivity (Wildman–Crippen MR) is 100 cm³/mol. The van der Waals surface area contributed by atoms with Crippen molar-refractivity contribution in [2.24, 2.45) is 0 Å². The molecule has 0 atom stereocenters.